The molecule has 0 radical (unpaired) electrons. The lowest BCUT2D eigenvalue weighted by Gasteiger charge is -2.39. The summed E-state index contributed by atoms with van der Waals surface area (Å²) in [6, 6.07) is 4.47. The van der Waals surface area contributed by atoms with Crippen molar-refractivity contribution in [3.8, 4) is 0 Å². The topological polar surface area (TPSA) is 66.9 Å². The third-order valence-electron chi connectivity index (χ3n) is 3.96. The van der Waals surface area contributed by atoms with Gasteiger partial charge in [-0.2, -0.15) is 4.31 Å². The summed E-state index contributed by atoms with van der Waals surface area (Å²) in [6.45, 7) is 7.92. The van der Waals surface area contributed by atoms with E-state index < -0.39 is 21.7 Å². The summed E-state index contributed by atoms with van der Waals surface area (Å²) >= 11 is 11.9. The zero-order valence-electron chi connectivity index (χ0n) is 15.3. The molecule has 2 rings (SSSR count). The molecule has 146 valence electrons. The monoisotopic (exact) mass is 422 g/mol. The summed E-state index contributed by atoms with van der Waals surface area (Å²) < 4.78 is 32.3. The Hall–Kier alpha value is -1.02. The molecule has 1 aromatic carbocycles. The summed E-state index contributed by atoms with van der Waals surface area (Å²) in [5.74, 6) is -0.206. The van der Waals surface area contributed by atoms with Crippen molar-refractivity contribution in [1.82, 2.24) is 9.21 Å². The van der Waals surface area contributed by atoms with Gasteiger partial charge in [-0.05, 0) is 45.4 Å². The summed E-state index contributed by atoms with van der Waals surface area (Å²) in [6.07, 6.45) is -0.428. The van der Waals surface area contributed by atoms with Gasteiger partial charge < -0.3 is 9.64 Å². The van der Waals surface area contributed by atoms with E-state index in [9.17, 15) is 13.2 Å². The van der Waals surface area contributed by atoms with Crippen LogP contribution in [0.2, 0.25) is 10.0 Å². The number of nitrogens with zero attached hydrogens (tertiary/aromatic N) is 2. The van der Waals surface area contributed by atoms with Gasteiger partial charge in [0.15, 0.2) is 0 Å². The lowest BCUT2D eigenvalue weighted by molar-refractivity contribution is 0.00857. The minimum absolute atomic E-state index is 0.206. The van der Waals surface area contributed by atoms with Gasteiger partial charge in [0, 0.05) is 35.7 Å². The normalized spacial score (nSPS) is 19.5. The molecule has 1 atom stereocenters. The van der Waals surface area contributed by atoms with Crippen LogP contribution in [0.4, 0.5) is 4.79 Å². The third-order valence-corrected chi connectivity index (χ3v) is 6.35. The molecule has 1 aliphatic rings. The summed E-state index contributed by atoms with van der Waals surface area (Å²) in [5, 5.41) is 0.775. The standard InChI is InChI=1S/C17H24Cl2N2O4S/c1-12-10-20(7-8-21(12)16(22)25-17(2,3)4)26(23,24)11-13-5-6-14(18)9-15(13)19/h5-6,9,12H,7-8,10-11H2,1-4H3. The van der Waals surface area contributed by atoms with Gasteiger partial charge in [-0.15, -0.1) is 0 Å². The third kappa shape index (κ3) is 5.49. The highest BCUT2D eigenvalue weighted by molar-refractivity contribution is 7.88. The molecule has 0 N–H and O–H groups in total. The Labute approximate surface area is 165 Å². The van der Waals surface area contributed by atoms with Crippen molar-refractivity contribution in [3.63, 3.8) is 0 Å². The molecule has 0 bridgehead atoms. The van der Waals surface area contributed by atoms with Crippen LogP contribution < -0.4 is 0 Å². The van der Waals surface area contributed by atoms with Crippen molar-refractivity contribution in [2.75, 3.05) is 19.6 Å². The van der Waals surface area contributed by atoms with Crippen molar-refractivity contribution < 1.29 is 17.9 Å². The van der Waals surface area contributed by atoms with Gasteiger partial charge in [0.25, 0.3) is 0 Å². The number of carbonyl (C=O) groups excluding carboxylic acids is 1. The molecule has 1 heterocycles. The van der Waals surface area contributed by atoms with E-state index in [4.69, 9.17) is 27.9 Å². The summed E-state index contributed by atoms with van der Waals surface area (Å²) in [4.78, 5) is 13.8. The summed E-state index contributed by atoms with van der Waals surface area (Å²) in [5.41, 5.74) is -0.0935. The minimum Gasteiger partial charge on any atom is -0.444 e. The van der Waals surface area contributed by atoms with Crippen molar-refractivity contribution in [2.45, 2.75) is 45.1 Å². The molecule has 1 fully saturated rings. The van der Waals surface area contributed by atoms with Gasteiger partial charge in [0.1, 0.15) is 5.60 Å². The van der Waals surface area contributed by atoms with Gasteiger partial charge in [-0.25, -0.2) is 13.2 Å². The van der Waals surface area contributed by atoms with Crippen molar-refractivity contribution in [2.24, 2.45) is 0 Å². The first-order valence-corrected chi connectivity index (χ1v) is 10.7. The van der Waals surface area contributed by atoms with Crippen LogP contribution in [-0.2, 0) is 20.5 Å². The average Bonchev–Trinajstić information content (AvgIpc) is 2.48. The number of rotatable bonds is 3. The largest absolute Gasteiger partial charge is 0.444 e. The van der Waals surface area contributed by atoms with Crippen LogP contribution in [0.15, 0.2) is 18.2 Å². The highest BCUT2D eigenvalue weighted by Crippen LogP contribution is 2.25. The second-order valence-corrected chi connectivity index (χ2v) is 10.2. The molecule has 0 aromatic heterocycles. The quantitative estimate of drug-likeness (QED) is 0.743. The number of hydrogen-bond donors (Lipinski definition) is 0. The number of piperazine rings is 1. The van der Waals surface area contributed by atoms with Crippen molar-refractivity contribution in [3.05, 3.63) is 33.8 Å². The molecule has 26 heavy (non-hydrogen) atoms. The Morgan fingerprint density at radius 3 is 2.46 bits per heavy atom. The van der Waals surface area contributed by atoms with Crippen LogP contribution >= 0.6 is 23.2 Å². The number of carbonyl (C=O) groups is 1. The van der Waals surface area contributed by atoms with Gasteiger partial charge in [-0.3, -0.25) is 0 Å². The number of hydrogen-bond acceptors (Lipinski definition) is 4. The minimum atomic E-state index is -3.56. The zero-order valence-corrected chi connectivity index (χ0v) is 17.7. The fraction of sp³-hybridized carbons (Fsp3) is 0.588. The van der Waals surface area contributed by atoms with Crippen LogP contribution in [0.5, 0.6) is 0 Å². The number of sulfonamides is 1. The van der Waals surface area contributed by atoms with Gasteiger partial charge >= 0.3 is 6.09 Å². The van der Waals surface area contributed by atoms with Crippen molar-refractivity contribution in [1.29, 1.82) is 0 Å². The predicted molar refractivity (Wildman–Crippen MR) is 103 cm³/mol. The average molecular weight is 423 g/mol. The molecule has 0 saturated carbocycles. The zero-order chi connectivity index (χ0) is 19.7. The molecule has 9 heteroatoms. The van der Waals surface area contributed by atoms with E-state index in [0.717, 1.165) is 0 Å². The highest BCUT2D eigenvalue weighted by Gasteiger charge is 2.35. The number of amides is 1. The molecular weight excluding hydrogens is 399 g/mol. The van der Waals surface area contributed by atoms with Crippen LogP contribution in [0.3, 0.4) is 0 Å². The Morgan fingerprint density at radius 1 is 1.27 bits per heavy atom. The molecule has 1 amide bonds. The van der Waals surface area contributed by atoms with E-state index >= 15 is 0 Å². The fourth-order valence-electron chi connectivity index (χ4n) is 2.70. The lowest BCUT2D eigenvalue weighted by Crippen LogP contribution is -2.56. The Morgan fingerprint density at radius 2 is 1.92 bits per heavy atom. The SMILES string of the molecule is CC1CN(S(=O)(=O)Cc2ccc(Cl)cc2Cl)CCN1C(=O)OC(C)(C)C. The van der Waals surface area contributed by atoms with Gasteiger partial charge in [0.05, 0.1) is 5.75 Å². The molecule has 1 aromatic rings. The van der Waals surface area contributed by atoms with Crippen LogP contribution in [0.1, 0.15) is 33.3 Å². The Kier molecular flexibility index (Phi) is 6.48. The van der Waals surface area contributed by atoms with E-state index in [0.29, 0.717) is 15.6 Å². The first kappa shape index (κ1) is 21.3. The highest BCUT2D eigenvalue weighted by atomic mass is 35.5. The maximum absolute atomic E-state index is 12.7. The van der Waals surface area contributed by atoms with Crippen LogP contribution in [0, 0.1) is 0 Å². The predicted octanol–water partition coefficient (Wildman–Crippen LogP) is 3.76. The van der Waals surface area contributed by atoms with E-state index in [1.54, 1.807) is 44.7 Å². The van der Waals surface area contributed by atoms with E-state index in [1.165, 1.54) is 10.4 Å². The maximum atomic E-state index is 12.7. The molecular formula is C17H24Cl2N2O4S. The molecule has 1 unspecified atom stereocenters. The Bertz CT molecular complexity index is 777. The van der Waals surface area contributed by atoms with Crippen LogP contribution in [0.25, 0.3) is 0 Å². The molecule has 1 aliphatic heterocycles. The van der Waals surface area contributed by atoms with Gasteiger partial charge in [-0.1, -0.05) is 29.3 Å². The molecule has 6 nitrogen and oxygen atoms in total. The number of halogens is 2. The molecule has 0 spiro atoms. The smallest absolute Gasteiger partial charge is 0.410 e. The molecule has 0 aliphatic carbocycles. The van der Waals surface area contributed by atoms with Crippen molar-refractivity contribution >= 4 is 39.3 Å². The molecule has 1 saturated heterocycles. The first-order valence-electron chi connectivity index (χ1n) is 8.30. The number of ether oxygens (including phenoxy) is 1. The van der Waals surface area contributed by atoms with Gasteiger partial charge in [0.2, 0.25) is 10.0 Å². The van der Waals surface area contributed by atoms with Crippen LogP contribution in [-0.4, -0.2) is 55.0 Å². The number of benzene rings is 1. The first-order chi connectivity index (χ1) is 11.9. The lowest BCUT2D eigenvalue weighted by atomic mass is 10.2. The second-order valence-electron chi connectivity index (χ2n) is 7.37. The van der Waals surface area contributed by atoms with E-state index in [1.807, 2.05) is 0 Å². The Balaban J connectivity index is 2.06. The maximum Gasteiger partial charge on any atom is 0.410 e. The fourth-order valence-corrected chi connectivity index (χ4v) is 4.88. The second kappa shape index (κ2) is 7.92. The van der Waals surface area contributed by atoms with E-state index in [2.05, 4.69) is 0 Å². The summed E-state index contributed by atoms with van der Waals surface area (Å²) in [7, 11) is -3.56. The van der Waals surface area contributed by atoms with E-state index in [-0.39, 0.29) is 31.4 Å².